The van der Waals surface area contributed by atoms with Crippen molar-refractivity contribution in [2.75, 3.05) is 13.2 Å². The molecule has 0 saturated carbocycles. The minimum absolute atomic E-state index is 0.241. The number of aliphatic carboxylic acids is 1. The Kier molecular flexibility index (Phi) is 6.15. The quantitative estimate of drug-likeness (QED) is 0.754. The molecule has 0 bridgehead atoms. The molecular formula is C13H16ClNO4. The van der Waals surface area contributed by atoms with E-state index in [2.05, 4.69) is 5.32 Å². The molecule has 5 nitrogen and oxygen atoms in total. The molecule has 0 heterocycles. The van der Waals surface area contributed by atoms with Crippen molar-refractivity contribution in [1.82, 2.24) is 5.32 Å². The lowest BCUT2D eigenvalue weighted by Gasteiger charge is -2.11. The summed E-state index contributed by atoms with van der Waals surface area (Å²) in [4.78, 5) is 22.3. The highest BCUT2D eigenvalue weighted by Crippen LogP contribution is 2.23. The van der Waals surface area contributed by atoms with Crippen molar-refractivity contribution in [3.8, 4) is 5.75 Å². The third kappa shape index (κ3) is 5.18. The molecule has 1 rings (SSSR count). The highest BCUT2D eigenvalue weighted by Gasteiger charge is 2.14. The van der Waals surface area contributed by atoms with Gasteiger partial charge in [-0.05, 0) is 24.6 Å². The first kappa shape index (κ1) is 15.3. The molecule has 0 atom stereocenters. The monoisotopic (exact) mass is 285 g/mol. The van der Waals surface area contributed by atoms with Crippen LogP contribution in [0.4, 0.5) is 0 Å². The molecule has 1 amide bonds. The van der Waals surface area contributed by atoms with E-state index in [1.54, 1.807) is 12.1 Å². The first-order chi connectivity index (χ1) is 9.04. The van der Waals surface area contributed by atoms with E-state index in [9.17, 15) is 9.59 Å². The predicted molar refractivity (Wildman–Crippen MR) is 71.8 cm³/mol. The van der Waals surface area contributed by atoms with Gasteiger partial charge in [0.1, 0.15) is 12.3 Å². The second kappa shape index (κ2) is 7.63. The number of halogens is 1. The molecule has 1 aromatic carbocycles. The normalized spacial score (nSPS) is 10.0. The number of carbonyl (C=O) groups excluding carboxylic acids is 1. The van der Waals surface area contributed by atoms with Crippen LogP contribution in [0, 0.1) is 0 Å². The molecule has 0 spiro atoms. The van der Waals surface area contributed by atoms with E-state index >= 15 is 0 Å². The Balaban J connectivity index is 2.80. The van der Waals surface area contributed by atoms with Crippen molar-refractivity contribution in [2.45, 2.75) is 19.8 Å². The standard InChI is InChI=1S/C13H16ClNO4/c1-2-3-6-19-11-5-4-9(14)7-10(11)13(18)15-8-12(16)17/h4-5,7H,2-3,6,8H2,1H3,(H,15,18)(H,16,17). The largest absolute Gasteiger partial charge is 0.493 e. The van der Waals surface area contributed by atoms with Crippen LogP contribution in [0.25, 0.3) is 0 Å². The summed E-state index contributed by atoms with van der Waals surface area (Å²) in [5.74, 6) is -1.22. The molecule has 0 unspecified atom stereocenters. The van der Waals surface area contributed by atoms with Crippen molar-refractivity contribution in [1.29, 1.82) is 0 Å². The van der Waals surface area contributed by atoms with E-state index in [1.165, 1.54) is 6.07 Å². The van der Waals surface area contributed by atoms with Crippen LogP contribution in [0.3, 0.4) is 0 Å². The number of carboxylic acid groups (broad SMARTS) is 1. The zero-order chi connectivity index (χ0) is 14.3. The number of amides is 1. The van der Waals surface area contributed by atoms with Gasteiger partial charge in [0, 0.05) is 5.02 Å². The molecule has 104 valence electrons. The van der Waals surface area contributed by atoms with Gasteiger partial charge in [0.25, 0.3) is 5.91 Å². The molecule has 0 aliphatic heterocycles. The topological polar surface area (TPSA) is 75.6 Å². The molecule has 0 aliphatic rings. The molecule has 6 heteroatoms. The molecule has 0 radical (unpaired) electrons. The Hall–Kier alpha value is -1.75. The maximum atomic E-state index is 11.8. The summed E-state index contributed by atoms with van der Waals surface area (Å²) in [5, 5.41) is 11.2. The fraction of sp³-hybridized carbons (Fsp3) is 0.385. The molecule has 19 heavy (non-hydrogen) atoms. The molecular weight excluding hydrogens is 270 g/mol. The van der Waals surface area contributed by atoms with Crippen molar-refractivity contribution in [2.24, 2.45) is 0 Å². The second-order valence-corrected chi connectivity index (χ2v) is 4.36. The first-order valence-corrected chi connectivity index (χ1v) is 6.34. The average Bonchev–Trinajstić information content (AvgIpc) is 2.37. The van der Waals surface area contributed by atoms with Crippen LogP contribution in [-0.2, 0) is 4.79 Å². The lowest BCUT2D eigenvalue weighted by Crippen LogP contribution is -2.29. The fourth-order valence-corrected chi connectivity index (χ4v) is 1.56. The fourth-order valence-electron chi connectivity index (χ4n) is 1.38. The Morgan fingerprint density at radius 3 is 2.79 bits per heavy atom. The number of carboxylic acids is 1. The molecule has 0 fully saturated rings. The summed E-state index contributed by atoms with van der Waals surface area (Å²) in [6.07, 6.45) is 1.85. The highest BCUT2D eigenvalue weighted by molar-refractivity contribution is 6.31. The number of ether oxygens (including phenoxy) is 1. The highest BCUT2D eigenvalue weighted by atomic mass is 35.5. The summed E-state index contributed by atoms with van der Waals surface area (Å²) in [5.41, 5.74) is 0.241. The average molecular weight is 286 g/mol. The SMILES string of the molecule is CCCCOc1ccc(Cl)cc1C(=O)NCC(=O)O. The van der Waals surface area contributed by atoms with E-state index in [4.69, 9.17) is 21.4 Å². The van der Waals surface area contributed by atoms with Crippen molar-refractivity contribution >= 4 is 23.5 Å². The summed E-state index contributed by atoms with van der Waals surface area (Å²) >= 11 is 5.83. The van der Waals surface area contributed by atoms with E-state index < -0.39 is 18.4 Å². The maximum absolute atomic E-state index is 11.8. The van der Waals surface area contributed by atoms with Crippen LogP contribution in [0.2, 0.25) is 5.02 Å². The van der Waals surface area contributed by atoms with Gasteiger partial charge in [-0.1, -0.05) is 24.9 Å². The predicted octanol–water partition coefficient (Wildman–Crippen LogP) is 2.33. The van der Waals surface area contributed by atoms with Crippen LogP contribution in [0.1, 0.15) is 30.1 Å². The number of hydrogen-bond acceptors (Lipinski definition) is 3. The zero-order valence-electron chi connectivity index (χ0n) is 10.6. The smallest absolute Gasteiger partial charge is 0.322 e. The van der Waals surface area contributed by atoms with Gasteiger partial charge >= 0.3 is 5.97 Å². The number of rotatable bonds is 7. The minimum Gasteiger partial charge on any atom is -0.493 e. The number of benzene rings is 1. The number of hydrogen-bond donors (Lipinski definition) is 2. The van der Waals surface area contributed by atoms with Crippen LogP contribution in [0.5, 0.6) is 5.75 Å². The van der Waals surface area contributed by atoms with E-state index in [-0.39, 0.29) is 5.56 Å². The molecule has 0 aliphatic carbocycles. The van der Waals surface area contributed by atoms with Crippen molar-refractivity contribution < 1.29 is 19.4 Å². The zero-order valence-corrected chi connectivity index (χ0v) is 11.4. The van der Waals surface area contributed by atoms with Gasteiger partial charge in [0.05, 0.1) is 12.2 Å². The molecule has 1 aromatic rings. The summed E-state index contributed by atoms with van der Waals surface area (Å²) in [7, 11) is 0. The minimum atomic E-state index is -1.11. The molecule has 2 N–H and O–H groups in total. The second-order valence-electron chi connectivity index (χ2n) is 3.92. The van der Waals surface area contributed by atoms with Gasteiger partial charge in [0.2, 0.25) is 0 Å². The Morgan fingerprint density at radius 1 is 1.42 bits per heavy atom. The van der Waals surface area contributed by atoms with E-state index in [1.807, 2.05) is 6.92 Å². The Labute approximate surface area is 116 Å². The van der Waals surface area contributed by atoms with Gasteiger partial charge in [-0.25, -0.2) is 0 Å². The van der Waals surface area contributed by atoms with Gasteiger partial charge in [0.15, 0.2) is 0 Å². The Morgan fingerprint density at radius 2 is 2.16 bits per heavy atom. The van der Waals surface area contributed by atoms with Gasteiger partial charge in [-0.2, -0.15) is 0 Å². The third-order valence-electron chi connectivity index (χ3n) is 2.34. The van der Waals surface area contributed by atoms with Crippen LogP contribution < -0.4 is 10.1 Å². The maximum Gasteiger partial charge on any atom is 0.322 e. The van der Waals surface area contributed by atoms with Crippen LogP contribution in [-0.4, -0.2) is 30.1 Å². The summed E-state index contributed by atoms with van der Waals surface area (Å²) in [6.45, 7) is 2.09. The van der Waals surface area contributed by atoms with Gasteiger partial charge in [-0.15, -0.1) is 0 Å². The van der Waals surface area contributed by atoms with Crippen molar-refractivity contribution in [3.05, 3.63) is 28.8 Å². The Bertz CT molecular complexity index is 462. The van der Waals surface area contributed by atoms with Crippen molar-refractivity contribution in [3.63, 3.8) is 0 Å². The van der Waals surface area contributed by atoms with Crippen LogP contribution >= 0.6 is 11.6 Å². The molecule has 0 aromatic heterocycles. The van der Waals surface area contributed by atoms with Gasteiger partial charge in [-0.3, -0.25) is 9.59 Å². The molecule has 0 saturated heterocycles. The van der Waals surface area contributed by atoms with Gasteiger partial charge < -0.3 is 15.2 Å². The van der Waals surface area contributed by atoms with E-state index in [0.717, 1.165) is 12.8 Å². The van der Waals surface area contributed by atoms with E-state index in [0.29, 0.717) is 17.4 Å². The van der Waals surface area contributed by atoms with Crippen LogP contribution in [0.15, 0.2) is 18.2 Å². The summed E-state index contributed by atoms with van der Waals surface area (Å²) in [6, 6.07) is 4.69. The number of carbonyl (C=O) groups is 2. The lowest BCUT2D eigenvalue weighted by atomic mass is 10.2. The summed E-state index contributed by atoms with van der Waals surface area (Å²) < 4.78 is 5.49. The lowest BCUT2D eigenvalue weighted by molar-refractivity contribution is -0.135. The number of nitrogens with one attached hydrogen (secondary N) is 1. The number of unbranched alkanes of at least 4 members (excludes halogenated alkanes) is 1. The first-order valence-electron chi connectivity index (χ1n) is 5.97. The third-order valence-corrected chi connectivity index (χ3v) is 2.58.